The van der Waals surface area contributed by atoms with E-state index < -0.39 is 0 Å². The van der Waals surface area contributed by atoms with E-state index in [1.165, 1.54) is 17.7 Å². The van der Waals surface area contributed by atoms with Crippen molar-refractivity contribution in [1.82, 2.24) is 0 Å². The van der Waals surface area contributed by atoms with Gasteiger partial charge in [-0.15, -0.1) is 11.8 Å². The minimum atomic E-state index is 0.300. The number of thioether (sulfide) groups is 1. The minimum absolute atomic E-state index is 0.300. The van der Waals surface area contributed by atoms with Crippen LogP contribution in [0.3, 0.4) is 0 Å². The highest BCUT2D eigenvalue weighted by molar-refractivity contribution is 9.10. The molecule has 90 valence electrons. The summed E-state index contributed by atoms with van der Waals surface area (Å²) in [5.74, 6) is 1.62. The van der Waals surface area contributed by atoms with Crippen LogP contribution >= 0.6 is 27.7 Å². The average molecular weight is 302 g/mol. The van der Waals surface area contributed by atoms with Crippen molar-refractivity contribution in [2.24, 2.45) is 11.7 Å². The fourth-order valence-corrected chi connectivity index (χ4v) is 2.86. The normalized spacial score (nSPS) is 14.8. The number of benzene rings is 1. The highest BCUT2D eigenvalue weighted by Crippen LogP contribution is 2.23. The van der Waals surface area contributed by atoms with Crippen molar-refractivity contribution >= 4 is 27.7 Å². The van der Waals surface area contributed by atoms with Crippen molar-refractivity contribution in [1.29, 1.82) is 0 Å². The van der Waals surface area contributed by atoms with E-state index in [1.807, 2.05) is 11.8 Å². The molecule has 2 atom stereocenters. The van der Waals surface area contributed by atoms with Crippen molar-refractivity contribution in [2.75, 3.05) is 5.75 Å². The maximum atomic E-state index is 6.15. The molecule has 0 radical (unpaired) electrons. The van der Waals surface area contributed by atoms with E-state index in [0.717, 1.165) is 10.2 Å². The van der Waals surface area contributed by atoms with Gasteiger partial charge in [0.05, 0.1) is 0 Å². The zero-order chi connectivity index (χ0) is 12.0. The van der Waals surface area contributed by atoms with Crippen molar-refractivity contribution in [2.45, 2.75) is 37.6 Å². The van der Waals surface area contributed by atoms with Crippen LogP contribution in [-0.2, 0) is 0 Å². The Hall–Kier alpha value is 0.01000. The molecule has 0 aromatic heterocycles. The van der Waals surface area contributed by atoms with Crippen LogP contribution in [0.1, 0.15) is 26.7 Å². The van der Waals surface area contributed by atoms with Crippen LogP contribution in [0.5, 0.6) is 0 Å². The third-order valence-corrected chi connectivity index (χ3v) is 4.42. The summed E-state index contributed by atoms with van der Waals surface area (Å²) in [6, 6.07) is 8.71. The lowest BCUT2D eigenvalue weighted by molar-refractivity contribution is 0.450. The Morgan fingerprint density at radius 1 is 1.31 bits per heavy atom. The van der Waals surface area contributed by atoms with E-state index in [9.17, 15) is 0 Å². The number of hydrogen-bond acceptors (Lipinski definition) is 2. The summed E-state index contributed by atoms with van der Waals surface area (Å²) in [6.07, 6.45) is 2.44. The number of nitrogens with two attached hydrogens (primary N) is 1. The Morgan fingerprint density at radius 3 is 2.50 bits per heavy atom. The first-order valence-corrected chi connectivity index (χ1v) is 7.55. The van der Waals surface area contributed by atoms with Gasteiger partial charge in [0.15, 0.2) is 0 Å². The first-order valence-electron chi connectivity index (χ1n) is 5.77. The summed E-state index contributed by atoms with van der Waals surface area (Å²) in [5, 5.41) is 0. The molecule has 0 saturated heterocycles. The summed E-state index contributed by atoms with van der Waals surface area (Å²) in [6.45, 7) is 4.46. The molecule has 0 saturated carbocycles. The second kappa shape index (κ2) is 7.36. The smallest absolute Gasteiger partial charge is 0.0176 e. The SMILES string of the molecule is CCCC(C)C(N)CSc1ccc(Br)cc1. The summed E-state index contributed by atoms with van der Waals surface area (Å²) < 4.78 is 1.13. The standard InChI is InChI=1S/C13H20BrNS/c1-3-4-10(2)13(15)9-16-12-7-5-11(14)6-8-12/h5-8,10,13H,3-4,9,15H2,1-2H3. The van der Waals surface area contributed by atoms with Crippen LogP contribution in [0, 0.1) is 5.92 Å². The molecule has 0 heterocycles. The molecule has 2 unspecified atom stereocenters. The number of hydrogen-bond donors (Lipinski definition) is 1. The molecule has 0 spiro atoms. The van der Waals surface area contributed by atoms with Gasteiger partial charge < -0.3 is 5.73 Å². The van der Waals surface area contributed by atoms with Gasteiger partial charge >= 0.3 is 0 Å². The number of halogens is 1. The van der Waals surface area contributed by atoms with Gasteiger partial charge in [0, 0.05) is 21.2 Å². The van der Waals surface area contributed by atoms with Gasteiger partial charge in [-0.05, 0) is 36.6 Å². The molecular weight excluding hydrogens is 282 g/mol. The second-order valence-electron chi connectivity index (χ2n) is 4.19. The molecule has 0 amide bonds. The predicted octanol–water partition coefficient (Wildman–Crippen LogP) is 4.30. The summed E-state index contributed by atoms with van der Waals surface area (Å²) in [5.41, 5.74) is 6.15. The van der Waals surface area contributed by atoms with Gasteiger partial charge in [0.2, 0.25) is 0 Å². The monoisotopic (exact) mass is 301 g/mol. The summed E-state index contributed by atoms with van der Waals surface area (Å²) in [7, 11) is 0. The fraction of sp³-hybridized carbons (Fsp3) is 0.538. The van der Waals surface area contributed by atoms with E-state index in [-0.39, 0.29) is 0 Å². The van der Waals surface area contributed by atoms with Gasteiger partial charge in [-0.1, -0.05) is 36.2 Å². The van der Waals surface area contributed by atoms with Gasteiger partial charge in [0.25, 0.3) is 0 Å². The molecular formula is C13H20BrNS. The molecule has 1 aromatic rings. The Labute approximate surface area is 111 Å². The molecule has 1 aromatic carbocycles. The first-order chi connectivity index (χ1) is 7.63. The Bertz CT molecular complexity index is 299. The van der Waals surface area contributed by atoms with Crippen LogP contribution in [0.4, 0.5) is 0 Å². The maximum Gasteiger partial charge on any atom is 0.0176 e. The van der Waals surface area contributed by atoms with Gasteiger partial charge in [-0.25, -0.2) is 0 Å². The Balaban J connectivity index is 2.36. The van der Waals surface area contributed by atoms with E-state index in [4.69, 9.17) is 5.73 Å². The highest BCUT2D eigenvalue weighted by Gasteiger charge is 2.11. The van der Waals surface area contributed by atoms with E-state index >= 15 is 0 Å². The lowest BCUT2D eigenvalue weighted by atomic mass is 9.99. The molecule has 0 aliphatic heterocycles. The summed E-state index contributed by atoms with van der Waals surface area (Å²) in [4.78, 5) is 1.29. The maximum absolute atomic E-state index is 6.15. The van der Waals surface area contributed by atoms with Crippen LogP contribution < -0.4 is 5.73 Å². The second-order valence-corrected chi connectivity index (χ2v) is 6.20. The topological polar surface area (TPSA) is 26.0 Å². The lowest BCUT2D eigenvalue weighted by Crippen LogP contribution is -2.30. The molecule has 1 rings (SSSR count). The van der Waals surface area contributed by atoms with E-state index in [2.05, 4.69) is 54.0 Å². The minimum Gasteiger partial charge on any atom is -0.327 e. The molecule has 16 heavy (non-hydrogen) atoms. The highest BCUT2D eigenvalue weighted by atomic mass is 79.9. The van der Waals surface area contributed by atoms with Crippen molar-refractivity contribution < 1.29 is 0 Å². The van der Waals surface area contributed by atoms with E-state index in [1.54, 1.807) is 0 Å². The van der Waals surface area contributed by atoms with Crippen LogP contribution in [0.2, 0.25) is 0 Å². The third kappa shape index (κ3) is 4.89. The number of rotatable bonds is 6. The van der Waals surface area contributed by atoms with Gasteiger partial charge in [0.1, 0.15) is 0 Å². The summed E-state index contributed by atoms with van der Waals surface area (Å²) >= 11 is 5.28. The van der Waals surface area contributed by atoms with Crippen LogP contribution in [-0.4, -0.2) is 11.8 Å². The van der Waals surface area contributed by atoms with Crippen molar-refractivity contribution in [3.05, 3.63) is 28.7 Å². The third-order valence-electron chi connectivity index (χ3n) is 2.73. The van der Waals surface area contributed by atoms with Crippen LogP contribution in [0.25, 0.3) is 0 Å². The fourth-order valence-electron chi connectivity index (χ4n) is 1.56. The molecule has 0 fully saturated rings. The van der Waals surface area contributed by atoms with E-state index in [0.29, 0.717) is 12.0 Å². The van der Waals surface area contributed by atoms with Crippen molar-refractivity contribution in [3.63, 3.8) is 0 Å². The molecule has 2 N–H and O–H groups in total. The molecule has 3 heteroatoms. The quantitative estimate of drug-likeness (QED) is 0.793. The van der Waals surface area contributed by atoms with Crippen molar-refractivity contribution in [3.8, 4) is 0 Å². The van der Waals surface area contributed by atoms with Crippen LogP contribution in [0.15, 0.2) is 33.6 Å². The zero-order valence-electron chi connectivity index (χ0n) is 9.95. The lowest BCUT2D eigenvalue weighted by Gasteiger charge is -2.18. The van der Waals surface area contributed by atoms with Gasteiger partial charge in [-0.2, -0.15) is 0 Å². The molecule has 0 aliphatic carbocycles. The zero-order valence-corrected chi connectivity index (χ0v) is 12.4. The Morgan fingerprint density at radius 2 is 1.94 bits per heavy atom. The molecule has 0 aliphatic rings. The van der Waals surface area contributed by atoms with Gasteiger partial charge in [-0.3, -0.25) is 0 Å². The molecule has 1 nitrogen and oxygen atoms in total. The first kappa shape index (κ1) is 14.1. The average Bonchev–Trinajstić information content (AvgIpc) is 2.28. The predicted molar refractivity (Wildman–Crippen MR) is 76.9 cm³/mol. The largest absolute Gasteiger partial charge is 0.327 e. The molecule has 0 bridgehead atoms. The Kier molecular flexibility index (Phi) is 6.47.